The first-order valence-corrected chi connectivity index (χ1v) is 5.23. The van der Waals surface area contributed by atoms with Crippen LogP contribution in [0.5, 0.6) is 0 Å². The van der Waals surface area contributed by atoms with Crippen molar-refractivity contribution in [2.24, 2.45) is 5.92 Å². The highest BCUT2D eigenvalue weighted by Crippen LogP contribution is 2.29. The van der Waals surface area contributed by atoms with Gasteiger partial charge in [0.25, 0.3) is 0 Å². The van der Waals surface area contributed by atoms with Crippen molar-refractivity contribution in [2.75, 3.05) is 6.61 Å². The van der Waals surface area contributed by atoms with Crippen molar-refractivity contribution in [3.8, 4) is 0 Å². The van der Waals surface area contributed by atoms with Crippen LogP contribution >= 0.6 is 0 Å². The Labute approximate surface area is 88.9 Å². The van der Waals surface area contributed by atoms with Crippen LogP contribution in [0.2, 0.25) is 0 Å². The molecular formula is C11H16O4. The van der Waals surface area contributed by atoms with E-state index in [1.807, 2.05) is 6.92 Å². The van der Waals surface area contributed by atoms with Crippen molar-refractivity contribution in [2.45, 2.75) is 33.1 Å². The number of cyclic esters (lactones) is 1. The van der Waals surface area contributed by atoms with Crippen molar-refractivity contribution in [1.82, 2.24) is 0 Å². The van der Waals surface area contributed by atoms with E-state index in [4.69, 9.17) is 9.84 Å². The minimum Gasteiger partial charge on any atom is -0.478 e. The molecule has 1 heterocycles. The van der Waals surface area contributed by atoms with Crippen LogP contribution in [0.4, 0.5) is 0 Å². The van der Waals surface area contributed by atoms with Gasteiger partial charge in [0.15, 0.2) is 0 Å². The fourth-order valence-corrected chi connectivity index (χ4v) is 2.00. The van der Waals surface area contributed by atoms with E-state index in [0.29, 0.717) is 31.4 Å². The van der Waals surface area contributed by atoms with Gasteiger partial charge in [0.1, 0.15) is 0 Å². The lowest BCUT2D eigenvalue weighted by Crippen LogP contribution is -2.15. The summed E-state index contributed by atoms with van der Waals surface area (Å²) in [5.74, 6) is -1.53. The van der Waals surface area contributed by atoms with Crippen molar-refractivity contribution in [3.63, 3.8) is 0 Å². The fraction of sp³-hybridized carbons (Fsp3) is 0.636. The van der Waals surface area contributed by atoms with E-state index in [1.54, 1.807) is 6.92 Å². The first-order chi connectivity index (χ1) is 7.11. The van der Waals surface area contributed by atoms with Gasteiger partial charge in [-0.25, -0.2) is 4.79 Å². The monoisotopic (exact) mass is 212 g/mol. The zero-order valence-electron chi connectivity index (χ0n) is 9.08. The van der Waals surface area contributed by atoms with Crippen LogP contribution in [-0.4, -0.2) is 23.7 Å². The third kappa shape index (κ3) is 2.37. The largest absolute Gasteiger partial charge is 0.478 e. The average molecular weight is 212 g/mol. The zero-order chi connectivity index (χ0) is 11.4. The number of ether oxygens (including phenoxy) is 1. The summed E-state index contributed by atoms with van der Waals surface area (Å²) in [5, 5.41) is 9.01. The highest BCUT2D eigenvalue weighted by atomic mass is 16.5. The third-order valence-electron chi connectivity index (χ3n) is 2.74. The predicted molar refractivity (Wildman–Crippen MR) is 54.3 cm³/mol. The Hall–Kier alpha value is -1.32. The second kappa shape index (κ2) is 4.96. The van der Waals surface area contributed by atoms with Crippen LogP contribution in [-0.2, 0) is 14.3 Å². The molecule has 1 atom stereocenters. The van der Waals surface area contributed by atoms with Gasteiger partial charge in [-0.05, 0) is 24.8 Å². The maximum atomic E-state index is 11.4. The second-order valence-corrected chi connectivity index (χ2v) is 3.52. The van der Waals surface area contributed by atoms with Gasteiger partial charge in [0.2, 0.25) is 0 Å². The molecule has 1 aliphatic heterocycles. The van der Waals surface area contributed by atoms with Crippen LogP contribution in [0.3, 0.4) is 0 Å². The normalized spacial score (nSPS) is 22.3. The molecule has 0 aromatic rings. The molecule has 0 amide bonds. The summed E-state index contributed by atoms with van der Waals surface area (Å²) in [6.07, 6.45) is 1.65. The summed E-state index contributed by atoms with van der Waals surface area (Å²) in [6, 6.07) is 0. The minimum absolute atomic E-state index is 0.279. The number of carboxylic acid groups (broad SMARTS) is 1. The Morgan fingerprint density at radius 1 is 1.47 bits per heavy atom. The number of carboxylic acids is 1. The lowest BCUT2D eigenvalue weighted by molar-refractivity contribution is -0.140. The standard InChI is InChI=1S/C11H16O4/c1-3-7(8(4-2)10(12)13)9-5-6-15-11(9)14/h9H,3-6H2,1-2H3,(H,12,13)/b8-7-. The van der Waals surface area contributed by atoms with Gasteiger partial charge >= 0.3 is 11.9 Å². The van der Waals surface area contributed by atoms with Crippen LogP contribution in [0, 0.1) is 5.92 Å². The summed E-state index contributed by atoms with van der Waals surface area (Å²) in [7, 11) is 0. The smallest absolute Gasteiger partial charge is 0.331 e. The van der Waals surface area contributed by atoms with Gasteiger partial charge in [-0.1, -0.05) is 13.8 Å². The number of carbonyl (C=O) groups is 2. The van der Waals surface area contributed by atoms with Gasteiger partial charge in [-0.3, -0.25) is 4.79 Å². The van der Waals surface area contributed by atoms with Gasteiger partial charge in [0, 0.05) is 5.57 Å². The number of hydrogen-bond donors (Lipinski definition) is 1. The van der Waals surface area contributed by atoms with Crippen LogP contribution in [0.15, 0.2) is 11.1 Å². The molecule has 0 aromatic carbocycles. The van der Waals surface area contributed by atoms with Crippen molar-refractivity contribution < 1.29 is 19.4 Å². The molecule has 4 nitrogen and oxygen atoms in total. The molecule has 4 heteroatoms. The van der Waals surface area contributed by atoms with E-state index in [-0.39, 0.29) is 11.9 Å². The summed E-state index contributed by atoms with van der Waals surface area (Å²) in [5.41, 5.74) is 1.09. The second-order valence-electron chi connectivity index (χ2n) is 3.52. The topological polar surface area (TPSA) is 63.6 Å². The Balaban J connectivity index is 3.03. The van der Waals surface area contributed by atoms with Gasteiger partial charge in [-0.2, -0.15) is 0 Å². The van der Waals surface area contributed by atoms with Gasteiger partial charge < -0.3 is 9.84 Å². The maximum absolute atomic E-state index is 11.4. The van der Waals surface area contributed by atoms with Crippen LogP contribution in [0.25, 0.3) is 0 Å². The first kappa shape index (κ1) is 11.8. The summed E-state index contributed by atoms with van der Waals surface area (Å²) >= 11 is 0. The molecule has 0 aromatic heterocycles. The minimum atomic E-state index is -0.922. The van der Waals surface area contributed by atoms with E-state index < -0.39 is 5.97 Å². The molecule has 1 unspecified atom stereocenters. The molecule has 0 saturated carbocycles. The highest BCUT2D eigenvalue weighted by Gasteiger charge is 2.31. The number of aliphatic carboxylic acids is 1. The van der Waals surface area contributed by atoms with Crippen molar-refractivity contribution in [3.05, 3.63) is 11.1 Å². The molecule has 1 aliphatic rings. The Morgan fingerprint density at radius 3 is 2.47 bits per heavy atom. The van der Waals surface area contributed by atoms with E-state index in [2.05, 4.69) is 0 Å². The summed E-state index contributed by atoms with van der Waals surface area (Å²) < 4.78 is 4.86. The van der Waals surface area contributed by atoms with E-state index >= 15 is 0 Å². The Kier molecular flexibility index (Phi) is 3.88. The predicted octanol–water partition coefficient (Wildman–Crippen LogP) is 1.75. The molecule has 0 radical (unpaired) electrons. The van der Waals surface area contributed by atoms with Crippen LogP contribution < -0.4 is 0 Å². The fourth-order valence-electron chi connectivity index (χ4n) is 2.00. The van der Waals surface area contributed by atoms with E-state index in [1.165, 1.54) is 0 Å². The average Bonchev–Trinajstić information content (AvgIpc) is 2.60. The molecule has 15 heavy (non-hydrogen) atoms. The van der Waals surface area contributed by atoms with Gasteiger partial charge in [0.05, 0.1) is 12.5 Å². The van der Waals surface area contributed by atoms with Crippen LogP contribution in [0.1, 0.15) is 33.1 Å². The first-order valence-electron chi connectivity index (χ1n) is 5.23. The lowest BCUT2D eigenvalue weighted by atomic mass is 9.90. The van der Waals surface area contributed by atoms with Gasteiger partial charge in [-0.15, -0.1) is 0 Å². The SMILES string of the molecule is CC/C(C(=O)O)=C(\CC)C1CCOC1=O. The number of esters is 1. The van der Waals surface area contributed by atoms with E-state index in [0.717, 1.165) is 5.57 Å². The third-order valence-corrected chi connectivity index (χ3v) is 2.74. The number of carbonyl (C=O) groups excluding carboxylic acids is 1. The molecule has 84 valence electrons. The highest BCUT2D eigenvalue weighted by molar-refractivity contribution is 5.89. The van der Waals surface area contributed by atoms with Crippen molar-refractivity contribution >= 4 is 11.9 Å². The molecule has 1 fully saturated rings. The maximum Gasteiger partial charge on any atom is 0.331 e. The summed E-state index contributed by atoms with van der Waals surface area (Å²) in [6.45, 7) is 4.07. The quantitative estimate of drug-likeness (QED) is 0.569. The molecule has 0 bridgehead atoms. The zero-order valence-corrected chi connectivity index (χ0v) is 9.08. The van der Waals surface area contributed by atoms with Crippen molar-refractivity contribution in [1.29, 1.82) is 0 Å². The number of hydrogen-bond acceptors (Lipinski definition) is 3. The van der Waals surface area contributed by atoms with E-state index in [9.17, 15) is 9.59 Å². The molecule has 1 rings (SSSR count). The molecule has 0 spiro atoms. The molecular weight excluding hydrogens is 196 g/mol. The lowest BCUT2D eigenvalue weighted by Gasteiger charge is -2.13. The molecule has 0 aliphatic carbocycles. The number of rotatable bonds is 4. The molecule has 1 N–H and O–H groups in total. The summed E-state index contributed by atoms with van der Waals surface area (Å²) in [4.78, 5) is 22.4. The Morgan fingerprint density at radius 2 is 2.13 bits per heavy atom. The Bertz CT molecular complexity index is 304. The molecule has 1 saturated heterocycles.